The molecule has 8 heteroatoms. The zero-order valence-electron chi connectivity index (χ0n) is 23.0. The summed E-state index contributed by atoms with van der Waals surface area (Å²) < 4.78 is 28.2. The van der Waals surface area contributed by atoms with E-state index in [2.05, 4.69) is 6.92 Å². The number of hydrogen-bond acceptors (Lipinski definition) is 8. The van der Waals surface area contributed by atoms with Gasteiger partial charge < -0.3 is 33.9 Å². The molecular weight excluding hydrogens is 500 g/mol. The van der Waals surface area contributed by atoms with E-state index in [9.17, 15) is 15.0 Å². The first kappa shape index (κ1) is 27.7. The van der Waals surface area contributed by atoms with Crippen molar-refractivity contribution in [2.75, 3.05) is 28.4 Å². The number of esters is 1. The minimum atomic E-state index is -0.757. The molecule has 0 radical (unpaired) electrons. The minimum absolute atomic E-state index is 0.0103. The van der Waals surface area contributed by atoms with Gasteiger partial charge in [-0.3, -0.25) is 0 Å². The molecule has 4 rings (SSSR count). The second-order valence-electron chi connectivity index (χ2n) is 9.56. The van der Waals surface area contributed by atoms with Gasteiger partial charge in [-0.1, -0.05) is 44.2 Å². The van der Waals surface area contributed by atoms with Crippen molar-refractivity contribution >= 4 is 12.0 Å². The van der Waals surface area contributed by atoms with Crippen LogP contribution in [0.1, 0.15) is 36.6 Å². The molecular formula is C31H34O8. The van der Waals surface area contributed by atoms with Crippen molar-refractivity contribution in [3.63, 3.8) is 0 Å². The third-order valence-electron chi connectivity index (χ3n) is 7.33. The van der Waals surface area contributed by atoms with Crippen LogP contribution in [-0.2, 0) is 16.0 Å². The first-order chi connectivity index (χ1) is 18.7. The van der Waals surface area contributed by atoms with E-state index in [1.807, 2.05) is 43.3 Å². The number of methoxy groups -OCH3 is 4. The van der Waals surface area contributed by atoms with Crippen molar-refractivity contribution in [3.05, 3.63) is 65.2 Å². The number of phenolic OH excluding ortho intramolecular Hbond substituents is 2. The van der Waals surface area contributed by atoms with E-state index in [0.717, 1.165) is 11.1 Å². The third kappa shape index (κ3) is 5.19. The number of rotatable bonds is 7. The fraction of sp³-hybridized carbons (Fsp3) is 0.323. The van der Waals surface area contributed by atoms with Crippen molar-refractivity contribution in [3.8, 4) is 45.6 Å². The van der Waals surface area contributed by atoms with Gasteiger partial charge in [0, 0.05) is 28.7 Å². The highest BCUT2D eigenvalue weighted by Crippen LogP contribution is 2.57. The van der Waals surface area contributed by atoms with Crippen molar-refractivity contribution < 1.29 is 38.7 Å². The number of carbonyl (C=O) groups is 1. The Morgan fingerprint density at radius 1 is 0.846 bits per heavy atom. The topological polar surface area (TPSA) is 104 Å². The van der Waals surface area contributed by atoms with Crippen LogP contribution >= 0.6 is 0 Å². The second kappa shape index (κ2) is 11.6. The number of hydrogen-bond donors (Lipinski definition) is 2. The molecule has 0 heterocycles. The molecule has 2 N–H and O–H groups in total. The summed E-state index contributed by atoms with van der Waals surface area (Å²) >= 11 is 0. The van der Waals surface area contributed by atoms with Crippen LogP contribution in [0.4, 0.5) is 0 Å². The Labute approximate surface area is 228 Å². The Kier molecular flexibility index (Phi) is 8.24. The minimum Gasteiger partial charge on any atom is -0.504 e. The average Bonchev–Trinajstić information content (AvgIpc) is 2.94. The number of benzene rings is 3. The highest BCUT2D eigenvalue weighted by molar-refractivity contribution is 5.90. The monoisotopic (exact) mass is 534 g/mol. The smallest absolute Gasteiger partial charge is 0.331 e. The molecule has 0 fully saturated rings. The van der Waals surface area contributed by atoms with Crippen LogP contribution in [0.5, 0.6) is 34.5 Å². The molecule has 39 heavy (non-hydrogen) atoms. The quantitative estimate of drug-likeness (QED) is 0.284. The van der Waals surface area contributed by atoms with Crippen LogP contribution in [0.15, 0.2) is 48.5 Å². The summed E-state index contributed by atoms with van der Waals surface area (Å²) in [6.07, 6.45) is 2.84. The Balaban J connectivity index is 1.96. The zero-order valence-corrected chi connectivity index (χ0v) is 23.0. The van der Waals surface area contributed by atoms with Gasteiger partial charge in [0.25, 0.3) is 0 Å². The molecule has 0 aromatic heterocycles. The van der Waals surface area contributed by atoms with Gasteiger partial charge in [-0.05, 0) is 41.7 Å². The van der Waals surface area contributed by atoms with Gasteiger partial charge in [-0.15, -0.1) is 0 Å². The van der Waals surface area contributed by atoms with E-state index < -0.39 is 12.1 Å². The lowest BCUT2D eigenvalue weighted by atomic mass is 9.76. The summed E-state index contributed by atoms with van der Waals surface area (Å²) in [5, 5.41) is 22.5. The molecule has 0 bridgehead atoms. The number of ether oxygens (including phenoxy) is 5. The Hall–Kier alpha value is -4.33. The molecule has 3 aromatic rings. The molecule has 0 amide bonds. The van der Waals surface area contributed by atoms with Gasteiger partial charge in [-0.2, -0.15) is 0 Å². The van der Waals surface area contributed by atoms with Gasteiger partial charge in [0.2, 0.25) is 11.5 Å². The molecule has 1 aliphatic rings. The van der Waals surface area contributed by atoms with Crippen LogP contribution in [-0.4, -0.2) is 44.6 Å². The van der Waals surface area contributed by atoms with Crippen molar-refractivity contribution in [2.24, 2.45) is 11.8 Å². The molecule has 0 aliphatic heterocycles. The van der Waals surface area contributed by atoms with E-state index in [1.54, 1.807) is 12.1 Å². The largest absolute Gasteiger partial charge is 0.504 e. The number of phenols is 2. The SMILES string of the molecule is COc1cc2c(c(OC)c1O)-c1c(cc(OC)c(OC)c1O)C[C@H](C)[C@H](C)[C@H]2OC(=O)/C=C/c1ccccc1. The lowest BCUT2D eigenvalue weighted by Crippen LogP contribution is -2.26. The maximum atomic E-state index is 13.1. The predicted molar refractivity (Wildman–Crippen MR) is 148 cm³/mol. The van der Waals surface area contributed by atoms with Crippen LogP contribution < -0.4 is 18.9 Å². The Morgan fingerprint density at radius 2 is 1.51 bits per heavy atom. The lowest BCUT2D eigenvalue weighted by Gasteiger charge is -2.35. The Bertz CT molecular complexity index is 1380. The fourth-order valence-electron chi connectivity index (χ4n) is 5.12. The van der Waals surface area contributed by atoms with E-state index in [1.165, 1.54) is 34.5 Å². The van der Waals surface area contributed by atoms with Crippen molar-refractivity contribution in [2.45, 2.75) is 26.4 Å². The molecule has 0 spiro atoms. The van der Waals surface area contributed by atoms with Gasteiger partial charge in [-0.25, -0.2) is 4.79 Å². The second-order valence-corrected chi connectivity index (χ2v) is 9.56. The predicted octanol–water partition coefficient (Wildman–Crippen LogP) is 5.93. The standard InChI is InChI=1S/C31H34O8/c1-17-14-20-15-23(36-4)30(37-5)28(34)25(20)26-21(16-22(35-3)27(33)31(26)38-6)29(18(17)2)39-24(32)13-12-19-10-8-7-9-11-19/h7-13,15-18,29,33-34H,14H2,1-6H3/b13-12+/t17-,18-,29+/m0/s1. The van der Waals surface area contributed by atoms with E-state index >= 15 is 0 Å². The number of aromatic hydroxyl groups is 2. The summed E-state index contributed by atoms with van der Waals surface area (Å²) in [7, 11) is 5.78. The average molecular weight is 535 g/mol. The normalized spacial score (nSPS) is 18.4. The molecule has 1 aliphatic carbocycles. The molecule has 206 valence electrons. The van der Waals surface area contributed by atoms with Gasteiger partial charge in [0.05, 0.1) is 28.4 Å². The Morgan fingerprint density at radius 3 is 2.13 bits per heavy atom. The fourth-order valence-corrected chi connectivity index (χ4v) is 5.12. The maximum absolute atomic E-state index is 13.1. The molecule has 3 aromatic carbocycles. The van der Waals surface area contributed by atoms with Gasteiger partial charge in [0.15, 0.2) is 23.0 Å². The number of fused-ring (bicyclic) bond motifs is 3. The molecule has 3 atom stereocenters. The maximum Gasteiger partial charge on any atom is 0.331 e. The lowest BCUT2D eigenvalue weighted by molar-refractivity contribution is -0.146. The number of carbonyl (C=O) groups excluding carboxylic acids is 1. The van der Waals surface area contributed by atoms with E-state index in [-0.39, 0.29) is 40.6 Å². The summed E-state index contributed by atoms with van der Waals surface area (Å²) in [6.45, 7) is 4.06. The van der Waals surface area contributed by atoms with Crippen LogP contribution in [0.2, 0.25) is 0 Å². The highest BCUT2D eigenvalue weighted by Gasteiger charge is 2.38. The summed E-state index contributed by atoms with van der Waals surface area (Å²) in [6, 6.07) is 12.9. The molecule has 0 unspecified atom stereocenters. The summed E-state index contributed by atoms with van der Waals surface area (Å²) in [4.78, 5) is 13.1. The van der Waals surface area contributed by atoms with Crippen LogP contribution in [0.25, 0.3) is 17.2 Å². The van der Waals surface area contributed by atoms with Crippen LogP contribution in [0.3, 0.4) is 0 Å². The molecule has 0 saturated carbocycles. The zero-order chi connectivity index (χ0) is 28.3. The first-order valence-electron chi connectivity index (χ1n) is 12.6. The van der Waals surface area contributed by atoms with Gasteiger partial charge >= 0.3 is 5.97 Å². The third-order valence-corrected chi connectivity index (χ3v) is 7.33. The van der Waals surface area contributed by atoms with Gasteiger partial charge in [0.1, 0.15) is 6.10 Å². The van der Waals surface area contributed by atoms with Crippen molar-refractivity contribution in [1.29, 1.82) is 0 Å². The first-order valence-corrected chi connectivity index (χ1v) is 12.6. The summed E-state index contributed by atoms with van der Waals surface area (Å²) in [5.74, 6) is -0.361. The molecule has 8 nitrogen and oxygen atoms in total. The summed E-state index contributed by atoms with van der Waals surface area (Å²) in [5.41, 5.74) is 2.93. The van der Waals surface area contributed by atoms with Crippen molar-refractivity contribution in [1.82, 2.24) is 0 Å². The van der Waals surface area contributed by atoms with Crippen LogP contribution in [0, 0.1) is 11.8 Å². The van der Waals surface area contributed by atoms with E-state index in [0.29, 0.717) is 28.9 Å². The molecule has 0 saturated heterocycles. The van der Waals surface area contributed by atoms with E-state index in [4.69, 9.17) is 23.7 Å². The highest BCUT2D eigenvalue weighted by atomic mass is 16.5.